The van der Waals surface area contributed by atoms with E-state index in [-0.39, 0.29) is 11.1 Å². The Morgan fingerprint density at radius 3 is 1.95 bits per heavy atom. The molecule has 2 aromatic carbocycles. The number of aromatic carboxylic acids is 1. The fraction of sp³-hybridized carbons (Fsp3) is 0. The van der Waals surface area contributed by atoms with E-state index in [4.69, 9.17) is 10.2 Å². The Morgan fingerprint density at radius 1 is 0.950 bits per heavy atom. The minimum Gasteiger partial charge on any atom is -0.503 e. The molecular weight excluding hydrogens is 266 g/mol. The topological polar surface area (TPSA) is 57.5 Å². The fourth-order valence-electron chi connectivity index (χ4n) is 1.61. The van der Waals surface area contributed by atoms with Crippen molar-refractivity contribution in [2.75, 3.05) is 0 Å². The second kappa shape index (κ2) is 5.52. The van der Waals surface area contributed by atoms with E-state index in [0.717, 1.165) is 12.1 Å². The van der Waals surface area contributed by atoms with Crippen LogP contribution in [0.2, 0.25) is 0 Å². The summed E-state index contributed by atoms with van der Waals surface area (Å²) in [7, 11) is 0. The van der Waals surface area contributed by atoms with Gasteiger partial charge in [0.25, 0.3) is 0 Å². The van der Waals surface area contributed by atoms with Crippen molar-refractivity contribution < 1.29 is 23.8 Å². The first-order valence-electron chi connectivity index (χ1n) is 5.67. The van der Waals surface area contributed by atoms with Crippen molar-refractivity contribution in [3.8, 4) is 5.75 Å². The van der Waals surface area contributed by atoms with Crippen LogP contribution in [0.1, 0.15) is 21.5 Å². The number of halogens is 2. The van der Waals surface area contributed by atoms with Crippen LogP contribution in [0.25, 0.3) is 12.2 Å². The average Bonchev–Trinajstić information content (AvgIpc) is 2.42. The average molecular weight is 276 g/mol. The fourth-order valence-corrected chi connectivity index (χ4v) is 1.61. The van der Waals surface area contributed by atoms with Crippen molar-refractivity contribution >= 4 is 18.1 Å². The van der Waals surface area contributed by atoms with Gasteiger partial charge in [-0.25, -0.2) is 13.6 Å². The van der Waals surface area contributed by atoms with Gasteiger partial charge in [0, 0.05) is 0 Å². The molecule has 0 fully saturated rings. The standard InChI is InChI=1S/C15H10F2O3/c16-12-7-10(8-13(17)14(12)18)2-1-9-3-5-11(6-4-9)15(19)20/h1-8,18H,(H,19,20). The highest BCUT2D eigenvalue weighted by atomic mass is 19.1. The minimum atomic E-state index is -1.04. The minimum absolute atomic E-state index is 0.156. The molecule has 2 N–H and O–H groups in total. The van der Waals surface area contributed by atoms with E-state index in [9.17, 15) is 13.6 Å². The quantitative estimate of drug-likeness (QED) is 0.843. The molecule has 0 saturated carbocycles. The summed E-state index contributed by atoms with van der Waals surface area (Å²) >= 11 is 0. The largest absolute Gasteiger partial charge is 0.503 e. The molecule has 0 heterocycles. The van der Waals surface area contributed by atoms with Gasteiger partial charge in [0.05, 0.1) is 5.56 Å². The zero-order chi connectivity index (χ0) is 14.7. The van der Waals surface area contributed by atoms with Gasteiger partial charge in [0.1, 0.15) is 0 Å². The van der Waals surface area contributed by atoms with Crippen molar-refractivity contribution in [3.05, 3.63) is 64.7 Å². The second-order valence-corrected chi connectivity index (χ2v) is 4.09. The van der Waals surface area contributed by atoms with Gasteiger partial charge in [-0.05, 0) is 35.4 Å². The lowest BCUT2D eigenvalue weighted by molar-refractivity contribution is 0.0697. The Kier molecular flexibility index (Phi) is 3.79. The Balaban J connectivity index is 2.23. The lowest BCUT2D eigenvalue weighted by Gasteiger charge is -2.00. The summed E-state index contributed by atoms with van der Waals surface area (Å²) in [5.41, 5.74) is 1.09. The van der Waals surface area contributed by atoms with Crippen LogP contribution in [-0.4, -0.2) is 16.2 Å². The zero-order valence-electron chi connectivity index (χ0n) is 10.2. The van der Waals surface area contributed by atoms with Crippen molar-refractivity contribution in [1.82, 2.24) is 0 Å². The molecule has 5 heteroatoms. The van der Waals surface area contributed by atoms with Gasteiger partial charge < -0.3 is 10.2 Å². The lowest BCUT2D eigenvalue weighted by Crippen LogP contribution is -1.94. The lowest BCUT2D eigenvalue weighted by atomic mass is 10.1. The van der Waals surface area contributed by atoms with E-state index in [1.807, 2.05) is 0 Å². The SMILES string of the molecule is O=C(O)c1ccc(C=Cc2cc(F)c(O)c(F)c2)cc1. The molecule has 0 bridgehead atoms. The molecule has 0 aliphatic heterocycles. The van der Waals surface area contributed by atoms with E-state index in [2.05, 4.69) is 0 Å². The van der Waals surface area contributed by atoms with Crippen LogP contribution in [0.15, 0.2) is 36.4 Å². The number of hydrogen-bond acceptors (Lipinski definition) is 2. The number of carboxylic acids is 1. The normalized spacial score (nSPS) is 10.9. The van der Waals surface area contributed by atoms with Crippen molar-refractivity contribution in [3.63, 3.8) is 0 Å². The summed E-state index contributed by atoms with van der Waals surface area (Å²) in [6.45, 7) is 0. The molecule has 0 unspecified atom stereocenters. The molecule has 20 heavy (non-hydrogen) atoms. The molecule has 0 spiro atoms. The Hall–Kier alpha value is -2.69. The highest BCUT2D eigenvalue weighted by Gasteiger charge is 2.07. The number of aromatic hydroxyl groups is 1. The van der Waals surface area contributed by atoms with Gasteiger partial charge in [-0.3, -0.25) is 0 Å². The Morgan fingerprint density at radius 2 is 1.45 bits per heavy atom. The number of rotatable bonds is 3. The molecule has 0 saturated heterocycles. The molecule has 0 aromatic heterocycles. The maximum atomic E-state index is 13.1. The van der Waals surface area contributed by atoms with E-state index >= 15 is 0 Å². The predicted octanol–water partition coefficient (Wildman–Crippen LogP) is 3.54. The summed E-state index contributed by atoms with van der Waals surface area (Å²) in [6, 6.07) is 8.02. The first kappa shape index (κ1) is 13.7. The smallest absolute Gasteiger partial charge is 0.335 e. The summed E-state index contributed by atoms with van der Waals surface area (Å²) in [5, 5.41) is 17.7. The molecular formula is C15H10F2O3. The first-order valence-corrected chi connectivity index (χ1v) is 5.67. The van der Waals surface area contributed by atoms with Gasteiger partial charge in [-0.2, -0.15) is 0 Å². The number of phenols is 1. The summed E-state index contributed by atoms with van der Waals surface area (Å²) in [5.74, 6) is -4.10. The first-order chi connectivity index (χ1) is 9.47. The number of phenolic OH excluding ortho intramolecular Hbond substituents is 1. The molecule has 102 valence electrons. The third-order valence-electron chi connectivity index (χ3n) is 2.67. The molecule has 0 aliphatic carbocycles. The molecule has 2 rings (SSSR count). The highest BCUT2D eigenvalue weighted by molar-refractivity contribution is 5.88. The Bertz CT molecular complexity index is 653. The molecule has 2 aromatic rings. The van der Waals surface area contributed by atoms with Crippen molar-refractivity contribution in [2.24, 2.45) is 0 Å². The maximum Gasteiger partial charge on any atom is 0.335 e. The third kappa shape index (κ3) is 3.00. The zero-order valence-corrected chi connectivity index (χ0v) is 10.2. The number of benzene rings is 2. The third-order valence-corrected chi connectivity index (χ3v) is 2.67. The predicted molar refractivity (Wildman–Crippen MR) is 70.4 cm³/mol. The van der Waals surface area contributed by atoms with Crippen LogP contribution in [0.4, 0.5) is 8.78 Å². The van der Waals surface area contributed by atoms with E-state index < -0.39 is 23.4 Å². The van der Waals surface area contributed by atoms with E-state index in [1.54, 1.807) is 18.2 Å². The van der Waals surface area contributed by atoms with Crippen LogP contribution in [0.5, 0.6) is 5.75 Å². The maximum absolute atomic E-state index is 13.1. The summed E-state index contributed by atoms with van der Waals surface area (Å²) in [6.07, 6.45) is 3.04. The molecule has 3 nitrogen and oxygen atoms in total. The van der Waals surface area contributed by atoms with Crippen LogP contribution < -0.4 is 0 Å². The summed E-state index contributed by atoms with van der Waals surface area (Å²) in [4.78, 5) is 10.7. The summed E-state index contributed by atoms with van der Waals surface area (Å²) < 4.78 is 26.2. The van der Waals surface area contributed by atoms with Gasteiger partial charge in [0.15, 0.2) is 17.4 Å². The second-order valence-electron chi connectivity index (χ2n) is 4.09. The van der Waals surface area contributed by atoms with Crippen molar-refractivity contribution in [1.29, 1.82) is 0 Å². The van der Waals surface area contributed by atoms with Crippen molar-refractivity contribution in [2.45, 2.75) is 0 Å². The van der Waals surface area contributed by atoms with Crippen LogP contribution in [-0.2, 0) is 0 Å². The van der Waals surface area contributed by atoms with E-state index in [1.165, 1.54) is 18.2 Å². The van der Waals surface area contributed by atoms with E-state index in [0.29, 0.717) is 5.56 Å². The molecule has 0 radical (unpaired) electrons. The van der Waals surface area contributed by atoms with Gasteiger partial charge in [-0.15, -0.1) is 0 Å². The molecule has 0 aliphatic rings. The van der Waals surface area contributed by atoms with Crippen LogP contribution in [0.3, 0.4) is 0 Å². The van der Waals surface area contributed by atoms with Crippen LogP contribution >= 0.6 is 0 Å². The monoisotopic (exact) mass is 276 g/mol. The molecule has 0 atom stereocenters. The molecule has 0 amide bonds. The number of carbonyl (C=O) groups is 1. The Labute approximate surface area is 113 Å². The van der Waals surface area contributed by atoms with Gasteiger partial charge in [0.2, 0.25) is 0 Å². The van der Waals surface area contributed by atoms with Crippen LogP contribution in [0, 0.1) is 11.6 Å². The number of carboxylic acid groups (broad SMARTS) is 1. The van der Waals surface area contributed by atoms with Gasteiger partial charge in [-0.1, -0.05) is 24.3 Å². The number of hydrogen-bond donors (Lipinski definition) is 2. The van der Waals surface area contributed by atoms with Gasteiger partial charge >= 0.3 is 5.97 Å². The highest BCUT2D eigenvalue weighted by Crippen LogP contribution is 2.22.